The van der Waals surface area contributed by atoms with Crippen molar-refractivity contribution in [1.29, 1.82) is 0 Å². The van der Waals surface area contributed by atoms with Crippen molar-refractivity contribution in [2.75, 3.05) is 0 Å². The number of hydrogen-bond acceptors (Lipinski definition) is 1. The van der Waals surface area contributed by atoms with Gasteiger partial charge in [-0.15, -0.1) is 0 Å². The van der Waals surface area contributed by atoms with Crippen LogP contribution in [0.25, 0.3) is 0 Å². The lowest BCUT2D eigenvalue weighted by atomic mass is 10.0. The van der Waals surface area contributed by atoms with Gasteiger partial charge in [0.15, 0.2) is 5.78 Å². The highest BCUT2D eigenvalue weighted by Crippen LogP contribution is 2.22. The first-order chi connectivity index (χ1) is 7.15. The summed E-state index contributed by atoms with van der Waals surface area (Å²) in [5.41, 5.74) is 0.581. The Kier molecular flexibility index (Phi) is 5.13. The molecule has 1 rings (SSSR count). The first-order valence-electron chi connectivity index (χ1n) is 5.13. The molecule has 3 heteroatoms. The van der Waals surface area contributed by atoms with Crippen LogP contribution in [0.5, 0.6) is 0 Å². The standard InChI is InChI=1S/C12H14Cl2O/c1-2-3-4-5-12(15)10-7-6-9(13)8-11(10)14/h6-8H,2-5H2,1H3. The van der Waals surface area contributed by atoms with E-state index in [2.05, 4.69) is 6.92 Å². The predicted octanol–water partition coefficient (Wildman–Crippen LogP) is 4.76. The van der Waals surface area contributed by atoms with Crippen molar-refractivity contribution < 1.29 is 4.79 Å². The van der Waals surface area contributed by atoms with Crippen molar-refractivity contribution in [3.63, 3.8) is 0 Å². The first-order valence-corrected chi connectivity index (χ1v) is 5.89. The van der Waals surface area contributed by atoms with Crippen molar-refractivity contribution in [2.45, 2.75) is 32.6 Å². The van der Waals surface area contributed by atoms with E-state index in [9.17, 15) is 4.79 Å². The summed E-state index contributed by atoms with van der Waals surface area (Å²) in [4.78, 5) is 11.7. The van der Waals surface area contributed by atoms with E-state index < -0.39 is 0 Å². The Hall–Kier alpha value is -0.530. The summed E-state index contributed by atoms with van der Waals surface area (Å²) in [7, 11) is 0. The number of unbranched alkanes of at least 4 members (excludes halogenated alkanes) is 2. The molecular weight excluding hydrogens is 231 g/mol. The minimum atomic E-state index is 0.102. The predicted molar refractivity (Wildman–Crippen MR) is 64.9 cm³/mol. The fraction of sp³-hybridized carbons (Fsp3) is 0.417. The first kappa shape index (κ1) is 12.5. The molecule has 0 heterocycles. The monoisotopic (exact) mass is 244 g/mol. The van der Waals surface area contributed by atoms with Crippen molar-refractivity contribution in [2.24, 2.45) is 0 Å². The third-order valence-electron chi connectivity index (χ3n) is 2.24. The Labute approximate surface area is 100 Å². The summed E-state index contributed by atoms with van der Waals surface area (Å²) in [5, 5.41) is 1.01. The van der Waals surface area contributed by atoms with Crippen LogP contribution >= 0.6 is 23.2 Å². The molecule has 0 aromatic heterocycles. The smallest absolute Gasteiger partial charge is 0.164 e. The summed E-state index contributed by atoms with van der Waals surface area (Å²) in [6.45, 7) is 2.11. The van der Waals surface area contributed by atoms with Crippen LogP contribution in [0.15, 0.2) is 18.2 Å². The molecule has 0 saturated heterocycles. The van der Waals surface area contributed by atoms with Crippen molar-refractivity contribution in [3.8, 4) is 0 Å². The lowest BCUT2D eigenvalue weighted by Gasteiger charge is -2.03. The van der Waals surface area contributed by atoms with E-state index in [-0.39, 0.29) is 5.78 Å². The van der Waals surface area contributed by atoms with Crippen LogP contribution < -0.4 is 0 Å². The molecule has 0 fully saturated rings. The Morgan fingerprint density at radius 1 is 1.27 bits per heavy atom. The Balaban J connectivity index is 2.65. The van der Waals surface area contributed by atoms with E-state index in [0.717, 1.165) is 19.3 Å². The summed E-state index contributed by atoms with van der Waals surface area (Å²) in [6, 6.07) is 5.00. The molecule has 0 aliphatic heterocycles. The lowest BCUT2D eigenvalue weighted by molar-refractivity contribution is 0.0979. The molecule has 1 aromatic rings. The molecule has 0 N–H and O–H groups in total. The maximum Gasteiger partial charge on any atom is 0.164 e. The highest BCUT2D eigenvalue weighted by atomic mass is 35.5. The molecule has 15 heavy (non-hydrogen) atoms. The molecule has 0 amide bonds. The fourth-order valence-electron chi connectivity index (χ4n) is 1.39. The molecule has 0 aliphatic rings. The van der Waals surface area contributed by atoms with Gasteiger partial charge >= 0.3 is 0 Å². The van der Waals surface area contributed by atoms with Crippen molar-refractivity contribution in [3.05, 3.63) is 33.8 Å². The quantitative estimate of drug-likeness (QED) is 0.540. The van der Waals surface area contributed by atoms with Crippen LogP contribution in [0.4, 0.5) is 0 Å². The molecular formula is C12H14Cl2O. The van der Waals surface area contributed by atoms with Gasteiger partial charge in [0, 0.05) is 17.0 Å². The van der Waals surface area contributed by atoms with Gasteiger partial charge in [-0.2, -0.15) is 0 Å². The number of hydrogen-bond donors (Lipinski definition) is 0. The number of carbonyl (C=O) groups excluding carboxylic acids is 1. The Bertz CT molecular complexity index is 347. The number of Topliss-reactive ketones (excluding diaryl/α,β-unsaturated/α-hetero) is 1. The van der Waals surface area contributed by atoms with E-state index in [4.69, 9.17) is 23.2 Å². The number of rotatable bonds is 5. The van der Waals surface area contributed by atoms with Gasteiger partial charge in [-0.05, 0) is 24.6 Å². The van der Waals surface area contributed by atoms with Crippen LogP contribution in [0, 0.1) is 0 Å². The van der Waals surface area contributed by atoms with Crippen LogP contribution in [-0.2, 0) is 0 Å². The Morgan fingerprint density at radius 3 is 2.60 bits per heavy atom. The van der Waals surface area contributed by atoms with Crippen LogP contribution in [0.2, 0.25) is 10.0 Å². The molecule has 0 bridgehead atoms. The third kappa shape index (κ3) is 3.84. The van der Waals surface area contributed by atoms with Gasteiger partial charge < -0.3 is 0 Å². The molecule has 0 saturated carbocycles. The summed E-state index contributed by atoms with van der Waals surface area (Å²) < 4.78 is 0. The summed E-state index contributed by atoms with van der Waals surface area (Å²) in [6.07, 6.45) is 3.68. The van der Waals surface area contributed by atoms with E-state index >= 15 is 0 Å². The molecule has 0 radical (unpaired) electrons. The molecule has 1 nitrogen and oxygen atoms in total. The molecule has 82 valence electrons. The minimum Gasteiger partial charge on any atom is -0.294 e. The SMILES string of the molecule is CCCCCC(=O)c1ccc(Cl)cc1Cl. The molecule has 0 spiro atoms. The van der Waals surface area contributed by atoms with Gasteiger partial charge in [0.05, 0.1) is 5.02 Å². The average Bonchev–Trinajstić information content (AvgIpc) is 2.17. The second-order valence-corrected chi connectivity index (χ2v) is 4.35. The lowest BCUT2D eigenvalue weighted by Crippen LogP contribution is -1.99. The number of ketones is 1. The van der Waals surface area contributed by atoms with Gasteiger partial charge in [0.2, 0.25) is 0 Å². The topological polar surface area (TPSA) is 17.1 Å². The zero-order chi connectivity index (χ0) is 11.3. The van der Waals surface area contributed by atoms with Gasteiger partial charge in [-0.1, -0.05) is 43.0 Å². The number of carbonyl (C=O) groups is 1. The largest absolute Gasteiger partial charge is 0.294 e. The maximum atomic E-state index is 11.7. The second-order valence-electron chi connectivity index (χ2n) is 3.50. The highest BCUT2D eigenvalue weighted by molar-refractivity contribution is 6.36. The highest BCUT2D eigenvalue weighted by Gasteiger charge is 2.09. The third-order valence-corrected chi connectivity index (χ3v) is 2.79. The minimum absolute atomic E-state index is 0.102. The number of halogens is 2. The summed E-state index contributed by atoms with van der Waals surface area (Å²) in [5.74, 6) is 0.102. The normalized spacial score (nSPS) is 10.3. The zero-order valence-corrected chi connectivity index (χ0v) is 10.2. The maximum absolute atomic E-state index is 11.7. The average molecular weight is 245 g/mol. The van der Waals surface area contributed by atoms with Crippen molar-refractivity contribution >= 4 is 29.0 Å². The fourth-order valence-corrected chi connectivity index (χ4v) is 1.90. The van der Waals surface area contributed by atoms with Crippen LogP contribution in [-0.4, -0.2) is 5.78 Å². The number of benzene rings is 1. The van der Waals surface area contributed by atoms with Crippen molar-refractivity contribution in [1.82, 2.24) is 0 Å². The van der Waals surface area contributed by atoms with Gasteiger partial charge in [0.1, 0.15) is 0 Å². The van der Waals surface area contributed by atoms with Gasteiger partial charge in [-0.3, -0.25) is 4.79 Å². The van der Waals surface area contributed by atoms with Gasteiger partial charge in [-0.25, -0.2) is 0 Å². The van der Waals surface area contributed by atoms with E-state index in [1.54, 1.807) is 18.2 Å². The Morgan fingerprint density at radius 2 is 2.00 bits per heavy atom. The summed E-state index contributed by atoms with van der Waals surface area (Å²) >= 11 is 11.7. The van der Waals surface area contributed by atoms with Crippen LogP contribution in [0.3, 0.4) is 0 Å². The van der Waals surface area contributed by atoms with Gasteiger partial charge in [0.25, 0.3) is 0 Å². The zero-order valence-electron chi connectivity index (χ0n) is 8.72. The van der Waals surface area contributed by atoms with E-state index in [1.165, 1.54) is 0 Å². The molecule has 0 atom stereocenters. The van der Waals surface area contributed by atoms with E-state index in [1.807, 2.05) is 0 Å². The molecule has 0 aliphatic carbocycles. The van der Waals surface area contributed by atoms with Crippen LogP contribution in [0.1, 0.15) is 43.0 Å². The molecule has 1 aromatic carbocycles. The second kappa shape index (κ2) is 6.14. The van der Waals surface area contributed by atoms with E-state index in [0.29, 0.717) is 22.0 Å². The molecule has 0 unspecified atom stereocenters.